The van der Waals surface area contributed by atoms with E-state index < -0.39 is 0 Å². The van der Waals surface area contributed by atoms with Gasteiger partial charge in [-0.3, -0.25) is 4.68 Å². The Hall–Kier alpha value is -3.88. The number of anilines is 2. The Morgan fingerprint density at radius 2 is 1.73 bits per heavy atom. The van der Waals surface area contributed by atoms with Crippen LogP contribution in [0.25, 0.3) is 10.9 Å². The summed E-state index contributed by atoms with van der Waals surface area (Å²) in [6.07, 6.45) is 5.34. The number of para-hydroxylation sites is 1. The second kappa shape index (κ2) is 11.9. The van der Waals surface area contributed by atoms with Crippen molar-refractivity contribution in [3.63, 3.8) is 0 Å². The van der Waals surface area contributed by atoms with E-state index in [4.69, 9.17) is 9.84 Å². The minimum atomic E-state index is -0.321. The van der Waals surface area contributed by atoms with E-state index in [1.165, 1.54) is 0 Å². The number of nitrogens with zero attached hydrogens (tertiary/aromatic N) is 3. The summed E-state index contributed by atoms with van der Waals surface area (Å²) >= 11 is 0. The second-order valence-corrected chi connectivity index (χ2v) is 9.53. The molecule has 1 unspecified atom stereocenters. The molecule has 4 aromatic rings. The van der Waals surface area contributed by atoms with Crippen LogP contribution in [0.1, 0.15) is 19.3 Å². The van der Waals surface area contributed by atoms with Gasteiger partial charge >= 0.3 is 6.03 Å². The SMILES string of the molecule is O=C(Nc1ccc(Oc2ccccc2)cc1)Nc1ccc2cn(CCCN3CCCC(CO)C3)nc2c1. The summed E-state index contributed by atoms with van der Waals surface area (Å²) in [5.41, 5.74) is 2.20. The van der Waals surface area contributed by atoms with Gasteiger partial charge in [0, 0.05) is 42.7 Å². The van der Waals surface area contributed by atoms with Gasteiger partial charge in [-0.1, -0.05) is 18.2 Å². The molecule has 8 heteroatoms. The van der Waals surface area contributed by atoms with Crippen molar-refractivity contribution in [2.75, 3.05) is 36.9 Å². The normalized spacial score (nSPS) is 16.0. The summed E-state index contributed by atoms with van der Waals surface area (Å²) in [5.74, 6) is 1.87. The zero-order valence-electron chi connectivity index (χ0n) is 20.8. The number of fused-ring (bicyclic) bond motifs is 1. The Labute approximate surface area is 216 Å². The summed E-state index contributed by atoms with van der Waals surface area (Å²) in [5, 5.41) is 20.9. The molecule has 1 aliphatic rings. The molecule has 3 N–H and O–H groups in total. The molecule has 1 aliphatic heterocycles. The van der Waals surface area contributed by atoms with Gasteiger partial charge in [-0.05, 0) is 92.9 Å². The summed E-state index contributed by atoms with van der Waals surface area (Å²) < 4.78 is 7.77. The van der Waals surface area contributed by atoms with Crippen LogP contribution in [0.3, 0.4) is 0 Å². The van der Waals surface area contributed by atoms with Crippen LogP contribution in [0.2, 0.25) is 0 Å². The number of aliphatic hydroxyl groups is 1. The van der Waals surface area contributed by atoms with E-state index in [1.807, 2.05) is 71.5 Å². The van der Waals surface area contributed by atoms with Crippen molar-refractivity contribution in [3.05, 3.63) is 79.0 Å². The molecular formula is C29H33N5O3. The molecule has 0 aliphatic carbocycles. The van der Waals surface area contributed by atoms with Crippen molar-refractivity contribution in [2.45, 2.75) is 25.8 Å². The van der Waals surface area contributed by atoms with Crippen LogP contribution in [-0.4, -0.2) is 52.1 Å². The van der Waals surface area contributed by atoms with Crippen LogP contribution in [0.4, 0.5) is 16.2 Å². The van der Waals surface area contributed by atoms with Crippen molar-refractivity contribution in [3.8, 4) is 11.5 Å². The number of aryl methyl sites for hydroxylation is 1. The number of carbonyl (C=O) groups is 1. The van der Waals surface area contributed by atoms with E-state index in [0.717, 1.165) is 62.1 Å². The lowest BCUT2D eigenvalue weighted by molar-refractivity contribution is 0.118. The molecule has 0 radical (unpaired) electrons. The highest BCUT2D eigenvalue weighted by atomic mass is 16.5. The van der Waals surface area contributed by atoms with E-state index in [9.17, 15) is 9.90 Å². The van der Waals surface area contributed by atoms with Crippen LogP contribution in [-0.2, 0) is 6.54 Å². The zero-order chi connectivity index (χ0) is 25.5. The van der Waals surface area contributed by atoms with Crippen LogP contribution >= 0.6 is 0 Å². The number of benzene rings is 3. The molecule has 0 bridgehead atoms. The van der Waals surface area contributed by atoms with Crippen LogP contribution in [0.15, 0.2) is 79.0 Å². The first kappa shape index (κ1) is 24.8. The highest BCUT2D eigenvalue weighted by Gasteiger charge is 2.18. The van der Waals surface area contributed by atoms with E-state index >= 15 is 0 Å². The van der Waals surface area contributed by atoms with Crippen LogP contribution < -0.4 is 15.4 Å². The Morgan fingerprint density at radius 1 is 0.973 bits per heavy atom. The molecule has 2 amide bonds. The maximum absolute atomic E-state index is 12.5. The second-order valence-electron chi connectivity index (χ2n) is 9.53. The van der Waals surface area contributed by atoms with Crippen LogP contribution in [0, 0.1) is 5.92 Å². The number of urea groups is 1. The molecular weight excluding hydrogens is 466 g/mol. The van der Waals surface area contributed by atoms with Crippen molar-refractivity contribution < 1.29 is 14.6 Å². The van der Waals surface area contributed by atoms with Crippen molar-refractivity contribution >= 4 is 28.3 Å². The maximum atomic E-state index is 12.5. The van der Waals surface area contributed by atoms with E-state index in [1.54, 1.807) is 12.1 Å². The molecule has 5 rings (SSSR count). The summed E-state index contributed by atoms with van der Waals surface area (Å²) in [7, 11) is 0. The number of likely N-dealkylation sites (tertiary alicyclic amines) is 1. The number of amides is 2. The summed E-state index contributed by atoms with van der Waals surface area (Å²) in [4.78, 5) is 15.0. The number of aromatic nitrogens is 2. The number of hydrogen-bond acceptors (Lipinski definition) is 5. The standard InChI is InChI=1S/C29H33N5O3/c35-21-22-6-4-15-33(19-22)16-5-17-34-20-23-9-10-25(18-28(23)32-34)31-29(36)30-24-11-13-27(14-12-24)37-26-7-2-1-3-8-26/h1-3,7-14,18,20,22,35H,4-6,15-17,19,21H2,(H2,30,31,36). The van der Waals surface area contributed by atoms with Gasteiger partial charge in [0.2, 0.25) is 0 Å². The van der Waals surface area contributed by atoms with Crippen molar-refractivity contribution in [2.24, 2.45) is 5.92 Å². The van der Waals surface area contributed by atoms with Gasteiger partial charge in [0.15, 0.2) is 0 Å². The highest BCUT2D eigenvalue weighted by molar-refractivity contribution is 6.00. The molecule has 8 nitrogen and oxygen atoms in total. The third kappa shape index (κ3) is 6.87. The average molecular weight is 500 g/mol. The minimum absolute atomic E-state index is 0.283. The third-order valence-electron chi connectivity index (χ3n) is 6.63. The predicted octanol–water partition coefficient (Wildman–Crippen LogP) is 5.57. The molecule has 0 saturated carbocycles. The molecule has 3 aromatic carbocycles. The number of nitrogens with one attached hydrogen (secondary N) is 2. The van der Waals surface area contributed by atoms with Gasteiger partial charge in [-0.2, -0.15) is 5.10 Å². The Morgan fingerprint density at radius 3 is 2.54 bits per heavy atom. The van der Waals surface area contributed by atoms with Crippen molar-refractivity contribution in [1.82, 2.24) is 14.7 Å². The number of ether oxygens (including phenoxy) is 1. The maximum Gasteiger partial charge on any atom is 0.323 e. The summed E-state index contributed by atoms with van der Waals surface area (Å²) in [6, 6.07) is 22.2. The lowest BCUT2D eigenvalue weighted by atomic mass is 9.99. The zero-order valence-corrected chi connectivity index (χ0v) is 20.8. The fourth-order valence-corrected chi connectivity index (χ4v) is 4.74. The molecule has 192 valence electrons. The third-order valence-corrected chi connectivity index (χ3v) is 6.63. The lowest BCUT2D eigenvalue weighted by Gasteiger charge is -2.31. The first-order valence-electron chi connectivity index (χ1n) is 12.9. The number of carbonyl (C=O) groups excluding carboxylic acids is 1. The van der Waals surface area contributed by atoms with Gasteiger partial charge < -0.3 is 25.4 Å². The largest absolute Gasteiger partial charge is 0.457 e. The monoisotopic (exact) mass is 499 g/mol. The highest BCUT2D eigenvalue weighted by Crippen LogP contribution is 2.23. The molecule has 2 heterocycles. The van der Waals surface area contributed by atoms with E-state index in [2.05, 4.69) is 15.5 Å². The Bertz CT molecular complexity index is 1310. The lowest BCUT2D eigenvalue weighted by Crippen LogP contribution is -2.37. The van der Waals surface area contributed by atoms with Crippen molar-refractivity contribution in [1.29, 1.82) is 0 Å². The molecule has 1 saturated heterocycles. The van der Waals surface area contributed by atoms with Gasteiger partial charge in [-0.25, -0.2) is 4.79 Å². The number of aliphatic hydroxyl groups excluding tert-OH is 1. The molecule has 37 heavy (non-hydrogen) atoms. The predicted molar refractivity (Wildman–Crippen MR) is 146 cm³/mol. The topological polar surface area (TPSA) is 91.7 Å². The molecule has 1 fully saturated rings. The van der Waals surface area contributed by atoms with Gasteiger partial charge in [0.05, 0.1) is 5.52 Å². The van der Waals surface area contributed by atoms with Gasteiger partial charge in [0.25, 0.3) is 0 Å². The quantitative estimate of drug-likeness (QED) is 0.280. The first-order chi connectivity index (χ1) is 18.1. The fraction of sp³-hybridized carbons (Fsp3) is 0.310. The van der Waals surface area contributed by atoms with Gasteiger partial charge in [0.1, 0.15) is 11.5 Å². The van der Waals surface area contributed by atoms with E-state index in [0.29, 0.717) is 23.0 Å². The van der Waals surface area contributed by atoms with E-state index in [-0.39, 0.29) is 12.6 Å². The molecule has 1 aromatic heterocycles. The summed E-state index contributed by atoms with van der Waals surface area (Å²) in [6.45, 7) is 4.23. The average Bonchev–Trinajstić information content (AvgIpc) is 3.32. The van der Waals surface area contributed by atoms with Crippen LogP contribution in [0.5, 0.6) is 11.5 Å². The fourth-order valence-electron chi connectivity index (χ4n) is 4.74. The smallest absolute Gasteiger partial charge is 0.323 e. The number of rotatable bonds is 9. The number of hydrogen-bond donors (Lipinski definition) is 3. The van der Waals surface area contributed by atoms with Gasteiger partial charge in [-0.15, -0.1) is 0 Å². The first-order valence-corrected chi connectivity index (χ1v) is 12.9. The Kier molecular flexibility index (Phi) is 7.98. The minimum Gasteiger partial charge on any atom is -0.457 e. The molecule has 0 spiro atoms. The Balaban J connectivity index is 1.11. The molecule has 1 atom stereocenters. The number of piperidine rings is 1.